The van der Waals surface area contributed by atoms with Crippen molar-refractivity contribution >= 4 is 5.91 Å². The number of amides is 1. The van der Waals surface area contributed by atoms with E-state index in [0.717, 1.165) is 65.3 Å². The molecule has 0 aromatic carbocycles. The normalized spacial score (nSPS) is 24.6. The second kappa shape index (κ2) is 7.82. The molecule has 19 heavy (non-hydrogen) atoms. The van der Waals surface area contributed by atoms with Crippen LogP contribution in [0.25, 0.3) is 0 Å². The zero-order valence-electron chi connectivity index (χ0n) is 12.0. The van der Waals surface area contributed by atoms with Crippen LogP contribution in [0.2, 0.25) is 0 Å². The molecule has 0 unspecified atom stereocenters. The molecule has 0 aliphatic carbocycles. The molecule has 2 heterocycles. The summed E-state index contributed by atoms with van der Waals surface area (Å²) in [5.41, 5.74) is 0. The van der Waals surface area contributed by atoms with Gasteiger partial charge in [-0.3, -0.25) is 9.69 Å². The molecule has 2 aliphatic rings. The Morgan fingerprint density at radius 2 is 2.00 bits per heavy atom. The van der Waals surface area contributed by atoms with Gasteiger partial charge in [-0.05, 0) is 25.8 Å². The van der Waals surface area contributed by atoms with Crippen LogP contribution >= 0.6 is 0 Å². The van der Waals surface area contributed by atoms with Gasteiger partial charge in [-0.2, -0.15) is 0 Å². The molecule has 5 heteroatoms. The molecule has 110 valence electrons. The Kier molecular flexibility index (Phi) is 6.07. The maximum Gasteiger partial charge on any atom is 0.227 e. The third-order valence-electron chi connectivity index (χ3n) is 3.98. The van der Waals surface area contributed by atoms with Gasteiger partial charge in [-0.15, -0.1) is 0 Å². The summed E-state index contributed by atoms with van der Waals surface area (Å²) >= 11 is 0. The molecule has 2 aliphatic heterocycles. The van der Waals surface area contributed by atoms with Crippen LogP contribution in [0.5, 0.6) is 0 Å². The summed E-state index contributed by atoms with van der Waals surface area (Å²) in [6.45, 7) is 7.15. The Bertz CT molecular complexity index is 274. The van der Waals surface area contributed by atoms with Gasteiger partial charge in [-0.25, -0.2) is 0 Å². The van der Waals surface area contributed by atoms with E-state index in [1.165, 1.54) is 0 Å². The van der Waals surface area contributed by atoms with E-state index in [4.69, 9.17) is 9.47 Å². The van der Waals surface area contributed by atoms with E-state index in [-0.39, 0.29) is 11.8 Å². The summed E-state index contributed by atoms with van der Waals surface area (Å²) in [7, 11) is 1.91. The highest BCUT2D eigenvalue weighted by molar-refractivity contribution is 5.78. The number of unbranched alkanes of at least 4 members (excludes halogenated alkanes) is 1. The molecule has 2 rings (SSSR count). The lowest BCUT2D eigenvalue weighted by Crippen LogP contribution is -2.37. The zero-order valence-corrected chi connectivity index (χ0v) is 12.0. The van der Waals surface area contributed by atoms with E-state index < -0.39 is 0 Å². The summed E-state index contributed by atoms with van der Waals surface area (Å²) in [4.78, 5) is 16.4. The van der Waals surface area contributed by atoms with E-state index in [9.17, 15) is 4.79 Å². The Morgan fingerprint density at radius 1 is 1.21 bits per heavy atom. The molecule has 0 aromatic rings. The molecule has 0 N–H and O–H groups in total. The number of morpholine rings is 1. The van der Waals surface area contributed by atoms with Crippen LogP contribution in [0.15, 0.2) is 0 Å². The maximum atomic E-state index is 12.1. The second-order valence-corrected chi connectivity index (χ2v) is 5.48. The van der Waals surface area contributed by atoms with E-state index in [1.807, 2.05) is 11.9 Å². The molecular formula is C14H26N2O3. The molecule has 0 saturated carbocycles. The fourth-order valence-corrected chi connectivity index (χ4v) is 2.66. The van der Waals surface area contributed by atoms with E-state index in [1.54, 1.807) is 0 Å². The lowest BCUT2D eigenvalue weighted by Gasteiger charge is -2.27. The van der Waals surface area contributed by atoms with E-state index in [2.05, 4.69) is 4.90 Å². The molecule has 0 aromatic heterocycles. The molecule has 0 radical (unpaired) electrons. The zero-order chi connectivity index (χ0) is 13.5. The molecule has 2 saturated heterocycles. The van der Waals surface area contributed by atoms with Gasteiger partial charge in [0.2, 0.25) is 5.91 Å². The van der Waals surface area contributed by atoms with Gasteiger partial charge in [-0.1, -0.05) is 0 Å². The minimum Gasteiger partial charge on any atom is -0.381 e. The summed E-state index contributed by atoms with van der Waals surface area (Å²) < 4.78 is 10.6. The van der Waals surface area contributed by atoms with E-state index >= 15 is 0 Å². The minimum absolute atomic E-state index is 0.101. The molecular weight excluding hydrogens is 244 g/mol. The van der Waals surface area contributed by atoms with Gasteiger partial charge in [0.15, 0.2) is 0 Å². The second-order valence-electron chi connectivity index (χ2n) is 5.48. The van der Waals surface area contributed by atoms with Crippen molar-refractivity contribution in [3.05, 3.63) is 0 Å². The van der Waals surface area contributed by atoms with Gasteiger partial charge < -0.3 is 14.4 Å². The number of rotatable bonds is 6. The van der Waals surface area contributed by atoms with Gasteiger partial charge in [0.1, 0.15) is 0 Å². The van der Waals surface area contributed by atoms with Crippen molar-refractivity contribution in [3.8, 4) is 0 Å². The average Bonchev–Trinajstić information content (AvgIpc) is 2.98. The van der Waals surface area contributed by atoms with Crippen LogP contribution < -0.4 is 0 Å². The van der Waals surface area contributed by atoms with Gasteiger partial charge in [0, 0.05) is 33.3 Å². The first-order valence-corrected chi connectivity index (χ1v) is 7.40. The number of hydrogen-bond donors (Lipinski definition) is 0. The highest BCUT2D eigenvalue weighted by Gasteiger charge is 2.25. The molecule has 5 nitrogen and oxygen atoms in total. The lowest BCUT2D eigenvalue weighted by molar-refractivity contribution is -0.134. The van der Waals surface area contributed by atoms with Crippen molar-refractivity contribution in [1.82, 2.24) is 9.80 Å². The molecule has 0 spiro atoms. The molecule has 1 amide bonds. The van der Waals surface area contributed by atoms with Crippen molar-refractivity contribution < 1.29 is 14.3 Å². The predicted octanol–water partition coefficient (Wildman–Crippen LogP) is 0.594. The molecule has 1 atom stereocenters. The smallest absolute Gasteiger partial charge is 0.227 e. The number of carbonyl (C=O) groups excluding carboxylic acids is 1. The van der Waals surface area contributed by atoms with Crippen molar-refractivity contribution in [1.29, 1.82) is 0 Å². The number of ether oxygens (including phenoxy) is 2. The van der Waals surface area contributed by atoms with Crippen LogP contribution in [-0.4, -0.2) is 75.4 Å². The van der Waals surface area contributed by atoms with Crippen molar-refractivity contribution in [2.75, 3.05) is 59.7 Å². The van der Waals surface area contributed by atoms with Crippen molar-refractivity contribution in [2.45, 2.75) is 19.3 Å². The van der Waals surface area contributed by atoms with Crippen LogP contribution in [0.1, 0.15) is 19.3 Å². The number of hydrogen-bond acceptors (Lipinski definition) is 4. The third-order valence-corrected chi connectivity index (χ3v) is 3.98. The maximum absolute atomic E-state index is 12.1. The summed E-state index contributed by atoms with van der Waals surface area (Å²) in [5.74, 6) is 0.355. The highest BCUT2D eigenvalue weighted by Crippen LogP contribution is 2.15. The van der Waals surface area contributed by atoms with Crippen molar-refractivity contribution in [3.63, 3.8) is 0 Å². The van der Waals surface area contributed by atoms with Crippen LogP contribution in [0, 0.1) is 5.92 Å². The summed E-state index contributed by atoms with van der Waals surface area (Å²) in [5, 5.41) is 0. The summed E-state index contributed by atoms with van der Waals surface area (Å²) in [6, 6.07) is 0. The van der Waals surface area contributed by atoms with Crippen LogP contribution in [0.3, 0.4) is 0 Å². The van der Waals surface area contributed by atoms with Gasteiger partial charge in [0.05, 0.1) is 25.7 Å². The largest absolute Gasteiger partial charge is 0.381 e. The van der Waals surface area contributed by atoms with Gasteiger partial charge in [0.25, 0.3) is 0 Å². The Balaban J connectivity index is 1.55. The lowest BCUT2D eigenvalue weighted by atomic mass is 10.1. The Labute approximate surface area is 115 Å². The molecule has 2 fully saturated rings. The first-order valence-electron chi connectivity index (χ1n) is 7.40. The fraction of sp³-hybridized carbons (Fsp3) is 0.929. The monoisotopic (exact) mass is 270 g/mol. The topological polar surface area (TPSA) is 42.0 Å². The predicted molar refractivity (Wildman–Crippen MR) is 73.1 cm³/mol. The van der Waals surface area contributed by atoms with Crippen LogP contribution in [0.4, 0.5) is 0 Å². The standard InChI is InChI=1S/C14H26N2O3/c1-15(14(17)13-4-9-19-12-13)5-2-3-6-16-7-10-18-11-8-16/h13H,2-12H2,1H3/t13-/m0/s1. The SMILES string of the molecule is CN(CCCCN1CCOCC1)C(=O)[C@H]1CCOC1. The first kappa shape index (κ1) is 14.8. The molecule has 0 bridgehead atoms. The van der Waals surface area contributed by atoms with Crippen molar-refractivity contribution in [2.24, 2.45) is 5.92 Å². The third kappa shape index (κ3) is 4.75. The summed E-state index contributed by atoms with van der Waals surface area (Å²) in [6.07, 6.45) is 3.11. The average molecular weight is 270 g/mol. The number of nitrogens with zero attached hydrogens (tertiary/aromatic N) is 2. The van der Waals surface area contributed by atoms with E-state index in [0.29, 0.717) is 6.61 Å². The van der Waals surface area contributed by atoms with Gasteiger partial charge >= 0.3 is 0 Å². The highest BCUT2D eigenvalue weighted by atomic mass is 16.5. The minimum atomic E-state index is 0.101. The first-order chi connectivity index (χ1) is 9.27. The Hall–Kier alpha value is -0.650. The van der Waals surface area contributed by atoms with Crippen LogP contribution in [-0.2, 0) is 14.3 Å². The Morgan fingerprint density at radius 3 is 2.68 bits per heavy atom. The number of carbonyl (C=O) groups is 1. The quantitative estimate of drug-likeness (QED) is 0.663. The fourth-order valence-electron chi connectivity index (χ4n) is 2.66.